The molecule has 6 nitrogen and oxygen atoms in total. The molecule has 1 heterocycles. The summed E-state index contributed by atoms with van der Waals surface area (Å²) in [7, 11) is 0. The number of hydrogen-bond acceptors (Lipinski definition) is 5. The molecule has 98 valence electrons. The van der Waals surface area contributed by atoms with E-state index in [-0.39, 0.29) is 12.4 Å². The molecular weight excluding hydrogens is 251 g/mol. The van der Waals surface area contributed by atoms with E-state index < -0.39 is 5.97 Å². The van der Waals surface area contributed by atoms with Gasteiger partial charge in [-0.3, -0.25) is 4.79 Å². The summed E-state index contributed by atoms with van der Waals surface area (Å²) in [4.78, 5) is 18.4. The molecule has 0 bridgehead atoms. The minimum Gasteiger partial charge on any atom is -0.480 e. The summed E-state index contributed by atoms with van der Waals surface area (Å²) < 4.78 is 13.0. The van der Waals surface area contributed by atoms with Gasteiger partial charge in [0.2, 0.25) is 0 Å². The lowest BCUT2D eigenvalue weighted by molar-refractivity contribution is -0.134. The molecule has 1 aromatic heterocycles. The molecule has 0 atom stereocenters. The number of carbonyl (C=O) groups is 1. The molecule has 3 N–H and O–H groups in total. The number of nitrogens with zero attached hydrogens (tertiary/aromatic N) is 2. The lowest BCUT2D eigenvalue weighted by Gasteiger charge is -2.06. The monoisotopic (exact) mass is 262 g/mol. The first-order valence-corrected chi connectivity index (χ1v) is 5.44. The van der Waals surface area contributed by atoms with Crippen LogP contribution in [0.1, 0.15) is 0 Å². The first kappa shape index (κ1) is 12.7. The predicted molar refractivity (Wildman–Crippen MR) is 67.8 cm³/mol. The molecule has 2 rings (SSSR count). The molecule has 1 aromatic carbocycles. The Bertz CT molecular complexity index is 574. The number of benzene rings is 1. The Hall–Kier alpha value is -2.70. The van der Waals surface area contributed by atoms with Crippen molar-refractivity contribution in [2.24, 2.45) is 0 Å². The molecule has 0 fully saturated rings. The van der Waals surface area contributed by atoms with Gasteiger partial charge in [-0.25, -0.2) is 14.4 Å². The second-order valence-electron chi connectivity index (χ2n) is 3.67. The van der Waals surface area contributed by atoms with Crippen LogP contribution in [0.3, 0.4) is 0 Å². The Morgan fingerprint density at radius 2 is 2.00 bits per heavy atom. The van der Waals surface area contributed by atoms with Crippen LogP contribution in [-0.4, -0.2) is 27.6 Å². The average Bonchev–Trinajstić information content (AvgIpc) is 2.38. The lowest BCUT2D eigenvalue weighted by Crippen LogP contribution is -2.13. The third-order valence-electron chi connectivity index (χ3n) is 2.17. The summed E-state index contributed by atoms with van der Waals surface area (Å²) in [6.45, 7) is -0.231. The van der Waals surface area contributed by atoms with Gasteiger partial charge in [0.25, 0.3) is 0 Å². The fourth-order valence-electron chi connectivity index (χ4n) is 1.36. The van der Waals surface area contributed by atoms with Crippen molar-refractivity contribution in [3.05, 3.63) is 42.5 Å². The maximum absolute atomic E-state index is 13.0. The lowest BCUT2D eigenvalue weighted by atomic mass is 10.3. The first-order valence-electron chi connectivity index (χ1n) is 5.44. The molecule has 19 heavy (non-hydrogen) atoms. The van der Waals surface area contributed by atoms with Gasteiger partial charge in [-0.1, -0.05) is 6.07 Å². The van der Waals surface area contributed by atoms with E-state index in [1.807, 2.05) is 0 Å². The zero-order valence-corrected chi connectivity index (χ0v) is 9.80. The van der Waals surface area contributed by atoms with Crippen molar-refractivity contribution in [3.63, 3.8) is 0 Å². The summed E-state index contributed by atoms with van der Waals surface area (Å²) in [5.41, 5.74) is 0.556. The standard InChI is InChI=1S/C12H11FN4O2/c13-8-2-1-3-9(4-8)17-11-6-14-10(5-15-11)16-7-12(18)19/h1-6H,7H2,(H,14,16)(H,15,17)(H,18,19). The molecule has 7 heteroatoms. The predicted octanol–water partition coefficient (Wildman–Crippen LogP) is 1.86. The molecule has 0 unspecified atom stereocenters. The maximum Gasteiger partial charge on any atom is 0.322 e. The SMILES string of the molecule is O=C(O)CNc1cnc(Nc2cccc(F)c2)cn1. The number of carboxylic acid groups (broad SMARTS) is 1. The van der Waals surface area contributed by atoms with Gasteiger partial charge in [-0.15, -0.1) is 0 Å². The maximum atomic E-state index is 13.0. The number of aliphatic carboxylic acids is 1. The van der Waals surface area contributed by atoms with Gasteiger partial charge in [0.1, 0.15) is 24.0 Å². The van der Waals surface area contributed by atoms with E-state index >= 15 is 0 Å². The molecular formula is C12H11FN4O2. The van der Waals surface area contributed by atoms with Crippen LogP contribution in [0.15, 0.2) is 36.7 Å². The summed E-state index contributed by atoms with van der Waals surface area (Å²) in [5.74, 6) is -0.542. The molecule has 2 aromatic rings. The van der Waals surface area contributed by atoms with Crippen LogP contribution in [0.25, 0.3) is 0 Å². The highest BCUT2D eigenvalue weighted by Gasteiger charge is 2.01. The van der Waals surface area contributed by atoms with Crippen molar-refractivity contribution in [2.45, 2.75) is 0 Å². The van der Waals surface area contributed by atoms with Gasteiger partial charge < -0.3 is 15.7 Å². The Morgan fingerprint density at radius 1 is 1.26 bits per heavy atom. The molecule has 0 spiro atoms. The van der Waals surface area contributed by atoms with Crippen molar-refractivity contribution >= 4 is 23.3 Å². The van der Waals surface area contributed by atoms with Crippen LogP contribution in [0.4, 0.5) is 21.7 Å². The number of hydrogen-bond donors (Lipinski definition) is 3. The highest BCUT2D eigenvalue weighted by molar-refractivity contribution is 5.72. The van der Waals surface area contributed by atoms with Crippen molar-refractivity contribution in [1.82, 2.24) is 9.97 Å². The molecule has 0 aliphatic heterocycles. The molecule has 0 aliphatic carbocycles. The van der Waals surface area contributed by atoms with Crippen molar-refractivity contribution < 1.29 is 14.3 Å². The van der Waals surface area contributed by atoms with Crippen LogP contribution in [0, 0.1) is 5.82 Å². The van der Waals surface area contributed by atoms with E-state index in [0.717, 1.165) is 0 Å². The molecule has 0 aliphatic rings. The zero-order chi connectivity index (χ0) is 13.7. The van der Waals surface area contributed by atoms with E-state index in [9.17, 15) is 9.18 Å². The second kappa shape index (κ2) is 5.76. The number of nitrogens with one attached hydrogen (secondary N) is 2. The summed E-state index contributed by atoms with van der Waals surface area (Å²) in [6, 6.07) is 5.95. The van der Waals surface area contributed by atoms with E-state index in [1.54, 1.807) is 12.1 Å². The minimum atomic E-state index is -0.983. The van der Waals surface area contributed by atoms with E-state index in [4.69, 9.17) is 5.11 Å². The van der Waals surface area contributed by atoms with Crippen LogP contribution >= 0.6 is 0 Å². The molecule has 0 radical (unpaired) electrons. The molecule has 0 saturated carbocycles. The third kappa shape index (κ3) is 3.91. The van der Waals surface area contributed by atoms with Crippen LogP contribution < -0.4 is 10.6 Å². The zero-order valence-electron chi connectivity index (χ0n) is 9.80. The Kier molecular flexibility index (Phi) is 3.87. The number of anilines is 3. The number of rotatable bonds is 5. The summed E-state index contributed by atoms with van der Waals surface area (Å²) in [5, 5.41) is 14.0. The molecule has 0 amide bonds. The van der Waals surface area contributed by atoms with Gasteiger partial charge in [0.15, 0.2) is 0 Å². The minimum absolute atomic E-state index is 0.231. The van der Waals surface area contributed by atoms with Gasteiger partial charge >= 0.3 is 5.97 Å². The number of halogens is 1. The van der Waals surface area contributed by atoms with Crippen molar-refractivity contribution in [3.8, 4) is 0 Å². The second-order valence-corrected chi connectivity index (χ2v) is 3.67. The van der Waals surface area contributed by atoms with Crippen LogP contribution in [0.2, 0.25) is 0 Å². The van der Waals surface area contributed by atoms with E-state index in [1.165, 1.54) is 24.5 Å². The third-order valence-corrected chi connectivity index (χ3v) is 2.17. The molecule has 0 saturated heterocycles. The van der Waals surface area contributed by atoms with Gasteiger partial charge in [0.05, 0.1) is 12.4 Å². The van der Waals surface area contributed by atoms with Gasteiger partial charge in [0, 0.05) is 5.69 Å². The Morgan fingerprint density at radius 3 is 2.63 bits per heavy atom. The van der Waals surface area contributed by atoms with Crippen molar-refractivity contribution in [1.29, 1.82) is 0 Å². The Balaban J connectivity index is 2.00. The summed E-state index contributed by atoms with van der Waals surface area (Å²) >= 11 is 0. The topological polar surface area (TPSA) is 87.1 Å². The first-order chi connectivity index (χ1) is 9.13. The van der Waals surface area contributed by atoms with Crippen LogP contribution in [-0.2, 0) is 4.79 Å². The summed E-state index contributed by atoms with van der Waals surface area (Å²) in [6.07, 6.45) is 2.82. The fraction of sp³-hybridized carbons (Fsp3) is 0.0833. The quantitative estimate of drug-likeness (QED) is 0.762. The van der Waals surface area contributed by atoms with Crippen LogP contribution in [0.5, 0.6) is 0 Å². The van der Waals surface area contributed by atoms with Crippen molar-refractivity contribution in [2.75, 3.05) is 17.2 Å². The van der Waals surface area contributed by atoms with E-state index in [0.29, 0.717) is 17.3 Å². The normalized spacial score (nSPS) is 9.95. The highest BCUT2D eigenvalue weighted by Crippen LogP contribution is 2.15. The van der Waals surface area contributed by atoms with E-state index in [2.05, 4.69) is 20.6 Å². The number of carboxylic acids is 1. The van der Waals surface area contributed by atoms with Gasteiger partial charge in [-0.05, 0) is 18.2 Å². The largest absolute Gasteiger partial charge is 0.480 e. The highest BCUT2D eigenvalue weighted by atomic mass is 19.1. The smallest absolute Gasteiger partial charge is 0.322 e. The van der Waals surface area contributed by atoms with Gasteiger partial charge in [-0.2, -0.15) is 0 Å². The fourth-order valence-corrected chi connectivity index (χ4v) is 1.36. The number of aromatic nitrogens is 2. The average molecular weight is 262 g/mol. The Labute approximate surface area is 108 Å².